The predicted molar refractivity (Wildman–Crippen MR) is 132 cm³/mol. The summed E-state index contributed by atoms with van der Waals surface area (Å²) in [5.74, 6) is 1.19. The molecule has 166 valence electrons. The summed E-state index contributed by atoms with van der Waals surface area (Å²) in [6.45, 7) is 2.00. The fraction of sp³-hybridized carbons (Fsp3) is 0.292. The Bertz CT molecular complexity index is 1060. The van der Waals surface area contributed by atoms with Gasteiger partial charge in [-0.25, -0.2) is 4.98 Å². The number of aromatic nitrogens is 2. The van der Waals surface area contributed by atoms with E-state index >= 15 is 0 Å². The van der Waals surface area contributed by atoms with E-state index in [1.165, 1.54) is 19.3 Å². The quantitative estimate of drug-likeness (QED) is 0.447. The van der Waals surface area contributed by atoms with Crippen LogP contribution in [0.1, 0.15) is 24.8 Å². The molecule has 1 aliphatic rings. The molecular weight excluding hydrogens is 468 g/mol. The highest BCUT2D eigenvalue weighted by Gasteiger charge is 2.17. The zero-order chi connectivity index (χ0) is 22.3. The zero-order valence-electron chi connectivity index (χ0n) is 17.8. The zero-order valence-corrected chi connectivity index (χ0v) is 19.4. The average molecular weight is 495 g/mol. The van der Waals surface area contributed by atoms with Crippen LogP contribution in [0.5, 0.6) is 0 Å². The summed E-state index contributed by atoms with van der Waals surface area (Å²) in [4.78, 5) is 23.9. The number of rotatable bonds is 7. The molecule has 0 bridgehead atoms. The first-order chi connectivity index (χ1) is 15.6. The van der Waals surface area contributed by atoms with Crippen LogP contribution in [0.4, 0.5) is 23.1 Å². The molecule has 2 aromatic carbocycles. The molecule has 1 aliphatic heterocycles. The highest BCUT2D eigenvalue weighted by atomic mass is 79.9. The lowest BCUT2D eigenvalue weighted by Gasteiger charge is -2.28. The van der Waals surface area contributed by atoms with Crippen molar-refractivity contribution in [3.63, 3.8) is 0 Å². The smallest absolute Gasteiger partial charge is 0.241 e. The van der Waals surface area contributed by atoms with Crippen LogP contribution in [0.25, 0.3) is 0 Å². The van der Waals surface area contributed by atoms with Crippen molar-refractivity contribution in [1.82, 2.24) is 9.97 Å². The maximum Gasteiger partial charge on any atom is 0.241 e. The Balaban J connectivity index is 1.41. The minimum atomic E-state index is -0.629. The van der Waals surface area contributed by atoms with E-state index in [1.807, 2.05) is 54.6 Å². The summed E-state index contributed by atoms with van der Waals surface area (Å²) in [7, 11) is 0. The number of nitrogens with zero attached hydrogens (tertiary/aromatic N) is 3. The Labute approximate surface area is 196 Å². The van der Waals surface area contributed by atoms with Crippen molar-refractivity contribution in [3.8, 4) is 0 Å². The molecule has 1 unspecified atom stereocenters. The monoisotopic (exact) mass is 494 g/mol. The van der Waals surface area contributed by atoms with Gasteiger partial charge in [-0.15, -0.1) is 0 Å². The van der Waals surface area contributed by atoms with Gasteiger partial charge in [-0.05, 0) is 65.4 Å². The van der Waals surface area contributed by atoms with Crippen LogP contribution in [-0.4, -0.2) is 35.0 Å². The molecule has 0 aliphatic carbocycles. The van der Waals surface area contributed by atoms with Crippen LogP contribution < -0.4 is 21.3 Å². The van der Waals surface area contributed by atoms with Crippen molar-refractivity contribution in [1.29, 1.82) is 0 Å². The Hall–Kier alpha value is -2.97. The molecule has 2 heterocycles. The van der Waals surface area contributed by atoms with Crippen LogP contribution in [0, 0.1) is 0 Å². The van der Waals surface area contributed by atoms with Crippen molar-refractivity contribution in [2.24, 2.45) is 5.73 Å². The van der Waals surface area contributed by atoms with E-state index in [9.17, 15) is 4.79 Å². The fourth-order valence-electron chi connectivity index (χ4n) is 3.75. The number of benzene rings is 2. The van der Waals surface area contributed by atoms with E-state index in [4.69, 9.17) is 10.7 Å². The Morgan fingerprint density at radius 2 is 1.81 bits per heavy atom. The van der Waals surface area contributed by atoms with Crippen molar-refractivity contribution in [2.75, 3.05) is 28.6 Å². The molecule has 0 spiro atoms. The number of nitrogens with one attached hydrogen (secondary N) is 2. The third-order valence-electron chi connectivity index (χ3n) is 5.40. The predicted octanol–water partition coefficient (Wildman–Crippen LogP) is 4.48. The summed E-state index contributed by atoms with van der Waals surface area (Å²) >= 11 is 3.57. The number of hydrogen-bond acceptors (Lipinski definition) is 6. The third kappa shape index (κ3) is 5.83. The molecule has 7 nitrogen and oxygen atoms in total. The van der Waals surface area contributed by atoms with E-state index in [0.717, 1.165) is 34.6 Å². The van der Waals surface area contributed by atoms with Crippen molar-refractivity contribution in [2.45, 2.75) is 31.7 Å². The summed E-state index contributed by atoms with van der Waals surface area (Å²) in [6, 6.07) is 16.6. The van der Waals surface area contributed by atoms with Crippen molar-refractivity contribution < 1.29 is 4.79 Å². The fourth-order valence-corrected chi connectivity index (χ4v) is 4.19. The molecule has 1 atom stereocenters. The maximum absolute atomic E-state index is 12.6. The largest absolute Gasteiger partial charge is 0.356 e. The molecule has 1 aromatic heterocycles. The molecule has 0 radical (unpaired) electrons. The average Bonchev–Trinajstić information content (AvgIpc) is 2.82. The van der Waals surface area contributed by atoms with Gasteiger partial charge >= 0.3 is 0 Å². The molecular formula is C24H27BrN6O. The lowest BCUT2D eigenvalue weighted by atomic mass is 10.1. The molecule has 0 saturated carbocycles. The van der Waals surface area contributed by atoms with Crippen LogP contribution in [0.15, 0.2) is 65.3 Å². The highest BCUT2D eigenvalue weighted by Crippen LogP contribution is 2.28. The number of carbonyl (C=O) groups excluding carboxylic acids is 1. The molecule has 4 N–H and O–H groups in total. The SMILES string of the molecule is NC(Cc1ccccc1)C(=O)Nc1cccc(Nc2ncc(Br)c(N3CCCCC3)n2)c1. The second-order valence-electron chi connectivity index (χ2n) is 7.90. The minimum Gasteiger partial charge on any atom is -0.356 e. The summed E-state index contributed by atoms with van der Waals surface area (Å²) in [5, 5.41) is 6.14. The maximum atomic E-state index is 12.6. The molecule has 3 aromatic rings. The summed E-state index contributed by atoms with van der Waals surface area (Å²) < 4.78 is 0.887. The first-order valence-electron chi connectivity index (χ1n) is 10.8. The van der Waals surface area contributed by atoms with E-state index in [1.54, 1.807) is 6.20 Å². The lowest BCUT2D eigenvalue weighted by Crippen LogP contribution is -2.37. The Kier molecular flexibility index (Phi) is 7.34. The number of hydrogen-bond donors (Lipinski definition) is 3. The molecule has 1 amide bonds. The normalized spacial score (nSPS) is 14.6. The lowest BCUT2D eigenvalue weighted by molar-refractivity contribution is -0.117. The van der Waals surface area contributed by atoms with Gasteiger partial charge in [0.2, 0.25) is 11.9 Å². The van der Waals surface area contributed by atoms with E-state index in [2.05, 4.69) is 36.4 Å². The van der Waals surface area contributed by atoms with Gasteiger partial charge in [0.15, 0.2) is 0 Å². The van der Waals surface area contributed by atoms with Crippen molar-refractivity contribution >= 4 is 45.0 Å². The molecule has 1 fully saturated rings. The Morgan fingerprint density at radius 1 is 1.06 bits per heavy atom. The van der Waals surface area contributed by atoms with Gasteiger partial charge in [-0.3, -0.25) is 4.79 Å². The second kappa shape index (κ2) is 10.6. The first-order valence-corrected chi connectivity index (χ1v) is 11.6. The molecule has 4 rings (SSSR count). The van der Waals surface area contributed by atoms with Gasteiger partial charge in [0.05, 0.1) is 10.5 Å². The van der Waals surface area contributed by atoms with Crippen LogP contribution >= 0.6 is 15.9 Å². The number of amides is 1. The number of anilines is 4. The number of nitrogens with two attached hydrogens (primary N) is 1. The van der Waals surface area contributed by atoms with Gasteiger partial charge in [-0.2, -0.15) is 4.98 Å². The van der Waals surface area contributed by atoms with Gasteiger partial charge in [0.1, 0.15) is 5.82 Å². The van der Waals surface area contributed by atoms with E-state index in [-0.39, 0.29) is 5.91 Å². The number of carbonyl (C=O) groups is 1. The number of halogens is 1. The highest BCUT2D eigenvalue weighted by molar-refractivity contribution is 9.10. The summed E-state index contributed by atoms with van der Waals surface area (Å²) in [5.41, 5.74) is 8.58. The minimum absolute atomic E-state index is 0.224. The molecule has 8 heteroatoms. The van der Waals surface area contributed by atoms with Gasteiger partial charge in [0, 0.05) is 30.7 Å². The van der Waals surface area contributed by atoms with E-state index < -0.39 is 6.04 Å². The van der Waals surface area contributed by atoms with Gasteiger partial charge < -0.3 is 21.3 Å². The Morgan fingerprint density at radius 3 is 2.59 bits per heavy atom. The van der Waals surface area contributed by atoms with Gasteiger partial charge in [-0.1, -0.05) is 36.4 Å². The van der Waals surface area contributed by atoms with Crippen LogP contribution in [0.2, 0.25) is 0 Å². The topological polar surface area (TPSA) is 96.2 Å². The molecule has 1 saturated heterocycles. The van der Waals surface area contributed by atoms with Crippen LogP contribution in [-0.2, 0) is 11.2 Å². The third-order valence-corrected chi connectivity index (χ3v) is 5.96. The van der Waals surface area contributed by atoms with Crippen LogP contribution in [0.3, 0.4) is 0 Å². The van der Waals surface area contributed by atoms with E-state index in [0.29, 0.717) is 18.1 Å². The van der Waals surface area contributed by atoms with Gasteiger partial charge in [0.25, 0.3) is 0 Å². The number of piperidine rings is 1. The molecule has 32 heavy (non-hydrogen) atoms. The standard InChI is InChI=1S/C24H27BrN6O/c25-20-16-27-24(30-22(20)31-12-5-2-6-13-31)29-19-11-7-10-18(15-19)28-23(32)21(26)14-17-8-3-1-4-9-17/h1,3-4,7-11,15-16,21H,2,5-6,12-14,26H2,(H,28,32)(H,27,29,30). The second-order valence-corrected chi connectivity index (χ2v) is 8.76. The summed E-state index contributed by atoms with van der Waals surface area (Å²) in [6.07, 6.45) is 5.86. The van der Waals surface area contributed by atoms with Crippen molar-refractivity contribution in [3.05, 3.63) is 70.8 Å². The first kappa shape index (κ1) is 22.2.